The van der Waals surface area contributed by atoms with Gasteiger partial charge >= 0.3 is 6.01 Å². The first kappa shape index (κ1) is 14.7. The summed E-state index contributed by atoms with van der Waals surface area (Å²) in [5.41, 5.74) is 0. The molecule has 6 nitrogen and oxygen atoms in total. The summed E-state index contributed by atoms with van der Waals surface area (Å²) in [6.07, 6.45) is 0. The molecule has 0 aliphatic heterocycles. The molecule has 112 valence electrons. The number of anilines is 1. The van der Waals surface area contributed by atoms with E-state index in [9.17, 15) is 4.79 Å². The lowest BCUT2D eigenvalue weighted by atomic mass is 10.3. The van der Waals surface area contributed by atoms with Crippen LogP contribution in [0.1, 0.15) is 15.6 Å². The van der Waals surface area contributed by atoms with Gasteiger partial charge in [0.1, 0.15) is 5.75 Å². The van der Waals surface area contributed by atoms with Crippen LogP contribution in [0.5, 0.6) is 5.75 Å². The quantitative estimate of drug-likeness (QED) is 0.730. The maximum Gasteiger partial charge on any atom is 0.322 e. The minimum Gasteiger partial charge on any atom is -0.484 e. The highest BCUT2D eigenvalue weighted by atomic mass is 79.9. The number of amides is 1. The summed E-state index contributed by atoms with van der Waals surface area (Å²) in [5.74, 6) is 0.691. The lowest BCUT2D eigenvalue weighted by Crippen LogP contribution is -2.10. The molecule has 1 amide bonds. The highest BCUT2D eigenvalue weighted by Crippen LogP contribution is 2.22. The van der Waals surface area contributed by atoms with Gasteiger partial charge in [-0.25, -0.2) is 0 Å². The molecule has 22 heavy (non-hydrogen) atoms. The van der Waals surface area contributed by atoms with E-state index in [0.29, 0.717) is 10.6 Å². The smallest absolute Gasteiger partial charge is 0.322 e. The molecule has 0 aliphatic carbocycles. The highest BCUT2D eigenvalue weighted by molar-refractivity contribution is 9.11. The number of thiophene rings is 1. The van der Waals surface area contributed by atoms with Gasteiger partial charge in [-0.2, -0.15) is 0 Å². The number of hydrogen-bond acceptors (Lipinski definition) is 6. The second-order valence-electron chi connectivity index (χ2n) is 4.16. The number of benzene rings is 1. The Morgan fingerprint density at radius 2 is 2.05 bits per heavy atom. The van der Waals surface area contributed by atoms with Gasteiger partial charge in [-0.1, -0.05) is 23.3 Å². The van der Waals surface area contributed by atoms with Crippen LogP contribution in [-0.4, -0.2) is 16.1 Å². The van der Waals surface area contributed by atoms with E-state index in [4.69, 9.17) is 9.15 Å². The van der Waals surface area contributed by atoms with Crippen molar-refractivity contribution in [3.63, 3.8) is 0 Å². The average Bonchev–Trinajstić information content (AvgIpc) is 3.15. The maximum atomic E-state index is 11.9. The van der Waals surface area contributed by atoms with Crippen LogP contribution in [0.25, 0.3) is 0 Å². The Hall–Kier alpha value is -2.19. The lowest BCUT2D eigenvalue weighted by Gasteiger charge is -2.01. The van der Waals surface area contributed by atoms with Crippen molar-refractivity contribution in [1.29, 1.82) is 0 Å². The molecule has 0 saturated heterocycles. The van der Waals surface area contributed by atoms with Crippen molar-refractivity contribution >= 4 is 39.2 Å². The van der Waals surface area contributed by atoms with Crippen molar-refractivity contribution in [3.8, 4) is 5.75 Å². The van der Waals surface area contributed by atoms with Crippen molar-refractivity contribution in [2.45, 2.75) is 6.61 Å². The van der Waals surface area contributed by atoms with E-state index < -0.39 is 0 Å². The molecule has 0 saturated carbocycles. The zero-order valence-electron chi connectivity index (χ0n) is 11.2. The standard InChI is InChI=1S/C14H10BrN3O3S/c15-11-7-6-10(22-11)13(19)16-14-18-17-12(21-14)8-20-9-4-2-1-3-5-9/h1-7H,8H2,(H,16,18,19). The van der Waals surface area contributed by atoms with Gasteiger partial charge in [-0.3, -0.25) is 10.1 Å². The molecule has 0 fully saturated rings. The van der Waals surface area contributed by atoms with E-state index in [1.165, 1.54) is 11.3 Å². The molecular formula is C14H10BrN3O3S. The number of carbonyl (C=O) groups excluding carboxylic acids is 1. The predicted molar refractivity (Wildman–Crippen MR) is 85.0 cm³/mol. The number of carbonyl (C=O) groups is 1. The van der Waals surface area contributed by atoms with Crippen LogP contribution in [0.15, 0.2) is 50.7 Å². The molecular weight excluding hydrogens is 370 g/mol. The number of nitrogens with one attached hydrogen (secondary N) is 1. The molecule has 0 atom stereocenters. The fourth-order valence-corrected chi connectivity index (χ4v) is 2.90. The Balaban J connectivity index is 1.58. The van der Waals surface area contributed by atoms with Gasteiger partial charge in [0.15, 0.2) is 6.61 Å². The Kier molecular flexibility index (Phi) is 4.50. The summed E-state index contributed by atoms with van der Waals surface area (Å²) in [6, 6.07) is 12.8. The molecule has 0 radical (unpaired) electrons. The topological polar surface area (TPSA) is 77.2 Å². The van der Waals surface area contributed by atoms with Gasteiger partial charge in [0.2, 0.25) is 0 Å². The first-order valence-corrected chi connectivity index (χ1v) is 7.88. The minimum atomic E-state index is -0.296. The summed E-state index contributed by atoms with van der Waals surface area (Å²) < 4.78 is 11.7. The number of para-hydroxylation sites is 1. The first-order chi connectivity index (χ1) is 10.7. The average molecular weight is 380 g/mol. The summed E-state index contributed by atoms with van der Waals surface area (Å²) in [5, 5.41) is 10.1. The van der Waals surface area contributed by atoms with E-state index in [0.717, 1.165) is 3.79 Å². The van der Waals surface area contributed by atoms with Gasteiger partial charge in [-0.05, 0) is 40.2 Å². The summed E-state index contributed by atoms with van der Waals surface area (Å²) in [4.78, 5) is 12.5. The van der Waals surface area contributed by atoms with Gasteiger partial charge in [0, 0.05) is 0 Å². The van der Waals surface area contributed by atoms with Crippen LogP contribution in [0.4, 0.5) is 6.01 Å². The van der Waals surface area contributed by atoms with Gasteiger partial charge in [-0.15, -0.1) is 16.4 Å². The fourth-order valence-electron chi connectivity index (χ4n) is 1.62. The van der Waals surface area contributed by atoms with E-state index in [1.54, 1.807) is 12.1 Å². The molecule has 0 spiro atoms. The van der Waals surface area contributed by atoms with E-state index >= 15 is 0 Å². The minimum absolute atomic E-state index is 0.0428. The SMILES string of the molecule is O=C(Nc1nnc(COc2ccccc2)o1)c1ccc(Br)s1. The van der Waals surface area contributed by atoms with Crippen molar-refractivity contribution in [2.75, 3.05) is 5.32 Å². The normalized spacial score (nSPS) is 10.4. The fraction of sp³-hybridized carbons (Fsp3) is 0.0714. The molecule has 0 bridgehead atoms. The van der Waals surface area contributed by atoms with E-state index in [1.807, 2.05) is 30.3 Å². The molecule has 2 heterocycles. The zero-order valence-corrected chi connectivity index (χ0v) is 13.6. The van der Waals surface area contributed by atoms with E-state index in [2.05, 4.69) is 31.4 Å². The largest absolute Gasteiger partial charge is 0.484 e. The lowest BCUT2D eigenvalue weighted by molar-refractivity contribution is 0.102. The maximum absolute atomic E-state index is 11.9. The second kappa shape index (κ2) is 6.71. The van der Waals surface area contributed by atoms with Crippen LogP contribution in [0.3, 0.4) is 0 Å². The Bertz CT molecular complexity index is 773. The third-order valence-electron chi connectivity index (χ3n) is 2.59. The third-order valence-corrected chi connectivity index (χ3v) is 4.21. The molecule has 3 rings (SSSR count). The van der Waals surface area contributed by atoms with E-state index in [-0.39, 0.29) is 24.4 Å². The van der Waals surface area contributed by atoms with Crippen LogP contribution >= 0.6 is 27.3 Å². The van der Waals surface area contributed by atoms with Crippen LogP contribution < -0.4 is 10.1 Å². The number of hydrogen-bond donors (Lipinski definition) is 1. The van der Waals surface area contributed by atoms with Crippen LogP contribution in [0.2, 0.25) is 0 Å². The molecule has 3 aromatic rings. The Morgan fingerprint density at radius 3 is 2.77 bits per heavy atom. The molecule has 1 aromatic carbocycles. The molecule has 0 unspecified atom stereocenters. The Morgan fingerprint density at radius 1 is 1.23 bits per heavy atom. The molecule has 8 heteroatoms. The molecule has 1 N–H and O–H groups in total. The van der Waals surface area contributed by atoms with Gasteiger partial charge in [0.25, 0.3) is 11.8 Å². The van der Waals surface area contributed by atoms with Crippen molar-refractivity contribution < 1.29 is 13.9 Å². The number of ether oxygens (including phenoxy) is 1. The monoisotopic (exact) mass is 379 g/mol. The Labute approximate surface area is 138 Å². The van der Waals surface area contributed by atoms with Crippen molar-refractivity contribution in [2.24, 2.45) is 0 Å². The number of aromatic nitrogens is 2. The predicted octanol–water partition coefficient (Wildman–Crippen LogP) is 3.72. The third kappa shape index (κ3) is 3.71. The van der Waals surface area contributed by atoms with Gasteiger partial charge < -0.3 is 9.15 Å². The number of rotatable bonds is 5. The van der Waals surface area contributed by atoms with Crippen molar-refractivity contribution in [3.05, 3.63) is 57.0 Å². The summed E-state index contributed by atoms with van der Waals surface area (Å²) in [6.45, 7) is 0.136. The highest BCUT2D eigenvalue weighted by Gasteiger charge is 2.13. The van der Waals surface area contributed by atoms with Crippen molar-refractivity contribution in [1.82, 2.24) is 10.2 Å². The number of nitrogens with zero attached hydrogens (tertiary/aromatic N) is 2. The van der Waals surface area contributed by atoms with Crippen LogP contribution in [-0.2, 0) is 6.61 Å². The molecule has 0 aliphatic rings. The molecule has 2 aromatic heterocycles. The van der Waals surface area contributed by atoms with Gasteiger partial charge in [0.05, 0.1) is 8.66 Å². The van der Waals surface area contributed by atoms with Crippen LogP contribution in [0, 0.1) is 0 Å². The summed E-state index contributed by atoms with van der Waals surface area (Å²) >= 11 is 4.62. The zero-order chi connectivity index (χ0) is 15.4. The number of halogens is 1. The summed E-state index contributed by atoms with van der Waals surface area (Å²) in [7, 11) is 0. The first-order valence-electron chi connectivity index (χ1n) is 6.27. The second-order valence-corrected chi connectivity index (χ2v) is 6.62.